The monoisotopic (exact) mass is 367 g/mol. The lowest BCUT2D eigenvalue weighted by molar-refractivity contribution is -0.121. The van der Waals surface area contributed by atoms with Gasteiger partial charge in [0.1, 0.15) is 11.6 Å². The number of aliphatic hydroxyl groups is 1. The van der Waals surface area contributed by atoms with E-state index in [9.17, 15) is 14.3 Å². The van der Waals surface area contributed by atoms with Crippen LogP contribution in [0.4, 0.5) is 4.39 Å². The molecule has 3 rings (SSSR count). The highest BCUT2D eigenvalue weighted by Gasteiger charge is 2.31. The van der Waals surface area contributed by atoms with Gasteiger partial charge >= 0.3 is 0 Å². The quantitative estimate of drug-likeness (QED) is 0.855. The molecular weight excluding hydrogens is 352 g/mol. The van der Waals surface area contributed by atoms with Crippen molar-refractivity contribution in [2.75, 3.05) is 0 Å². The lowest BCUT2D eigenvalue weighted by Gasteiger charge is -2.27. The van der Waals surface area contributed by atoms with Gasteiger partial charge in [-0.3, -0.25) is 9.78 Å². The summed E-state index contributed by atoms with van der Waals surface area (Å²) < 4.78 is 14.0. The van der Waals surface area contributed by atoms with Crippen molar-refractivity contribution in [2.45, 2.75) is 37.7 Å². The second-order valence-corrected chi connectivity index (χ2v) is 6.78. The van der Waals surface area contributed by atoms with Crippen LogP contribution < -0.4 is 0 Å². The molecule has 1 aliphatic rings. The Morgan fingerprint density at radius 3 is 2.88 bits per heavy atom. The van der Waals surface area contributed by atoms with Crippen LogP contribution in [0.1, 0.15) is 48.1 Å². The Morgan fingerprint density at radius 1 is 1.33 bits per heavy atom. The van der Waals surface area contributed by atoms with Gasteiger partial charge in [0.2, 0.25) is 0 Å². The fourth-order valence-corrected chi connectivity index (χ4v) is 3.75. The van der Waals surface area contributed by atoms with Crippen LogP contribution in [0.25, 0.3) is 0 Å². The van der Waals surface area contributed by atoms with Crippen LogP contribution in [-0.2, 0) is 11.2 Å². The van der Waals surface area contributed by atoms with Crippen LogP contribution in [0.15, 0.2) is 30.5 Å². The topological polar surface area (TPSA) is 50.2 Å². The molecule has 1 N–H and O–H groups in total. The Labute approximate surface area is 149 Å². The maximum atomic E-state index is 14.0. The third kappa shape index (κ3) is 3.46. The van der Waals surface area contributed by atoms with Crippen molar-refractivity contribution >= 4 is 29.0 Å². The minimum absolute atomic E-state index is 0.00145. The van der Waals surface area contributed by atoms with E-state index in [1.807, 2.05) is 6.07 Å². The molecule has 0 unspecified atom stereocenters. The summed E-state index contributed by atoms with van der Waals surface area (Å²) in [5.41, 5.74) is 1.64. The summed E-state index contributed by atoms with van der Waals surface area (Å²) in [7, 11) is 0. The summed E-state index contributed by atoms with van der Waals surface area (Å²) in [5.74, 6) is -0.811. The van der Waals surface area contributed by atoms with Gasteiger partial charge in [-0.05, 0) is 43.0 Å². The third-order valence-corrected chi connectivity index (χ3v) is 4.96. The molecule has 126 valence electrons. The van der Waals surface area contributed by atoms with E-state index in [4.69, 9.17) is 23.2 Å². The van der Waals surface area contributed by atoms with E-state index in [-0.39, 0.29) is 34.6 Å². The average Bonchev–Trinajstić information content (AvgIpc) is 2.54. The molecule has 1 heterocycles. The van der Waals surface area contributed by atoms with Gasteiger partial charge in [0.05, 0.1) is 11.8 Å². The van der Waals surface area contributed by atoms with Crippen LogP contribution >= 0.6 is 23.2 Å². The molecule has 2 atom stereocenters. The molecule has 24 heavy (non-hydrogen) atoms. The average molecular weight is 368 g/mol. The van der Waals surface area contributed by atoms with E-state index in [2.05, 4.69) is 4.98 Å². The number of aliphatic hydroxyl groups excluding tert-OH is 1. The molecule has 1 aromatic carbocycles. The third-order valence-electron chi connectivity index (χ3n) is 4.41. The summed E-state index contributed by atoms with van der Waals surface area (Å²) in [6.07, 6.45) is 2.43. The molecule has 0 spiro atoms. The highest BCUT2D eigenvalue weighted by Crippen LogP contribution is 2.37. The zero-order valence-corrected chi connectivity index (χ0v) is 14.3. The normalized spacial score (nSPS) is 19.8. The molecule has 1 aromatic heterocycles. The standard InChI is InChI=1S/C18H16Cl2FNO2/c19-10-8-14(20)13(15(21)9-10)4-5-16(23)11-3-6-17(24)18-12(11)2-1-7-22-18/h1-2,7-9,11,17,24H,3-6H2/t11-,17-/m0/s1. The molecule has 6 heteroatoms. The first-order valence-corrected chi connectivity index (χ1v) is 8.52. The fraction of sp³-hybridized carbons (Fsp3) is 0.333. The van der Waals surface area contributed by atoms with Gasteiger partial charge in [0.15, 0.2) is 0 Å². The van der Waals surface area contributed by atoms with Crippen LogP contribution in [0, 0.1) is 5.82 Å². The number of hydrogen-bond acceptors (Lipinski definition) is 3. The van der Waals surface area contributed by atoms with E-state index >= 15 is 0 Å². The Morgan fingerprint density at radius 2 is 2.12 bits per heavy atom. The van der Waals surface area contributed by atoms with Crippen LogP contribution in [0.3, 0.4) is 0 Å². The van der Waals surface area contributed by atoms with Crippen LogP contribution in [0.2, 0.25) is 10.0 Å². The zero-order chi connectivity index (χ0) is 17.3. The Balaban J connectivity index is 1.76. The van der Waals surface area contributed by atoms with E-state index in [1.54, 1.807) is 12.3 Å². The van der Waals surface area contributed by atoms with Gasteiger partial charge in [0, 0.05) is 34.1 Å². The first-order valence-electron chi connectivity index (χ1n) is 7.76. The van der Waals surface area contributed by atoms with Crippen LogP contribution in [0.5, 0.6) is 0 Å². The van der Waals surface area contributed by atoms with Gasteiger partial charge in [-0.1, -0.05) is 29.3 Å². The SMILES string of the molecule is O=C(CCc1c(F)cc(Cl)cc1Cl)[C@H]1CC[C@H](O)c2ncccc21. The number of benzene rings is 1. The lowest BCUT2D eigenvalue weighted by atomic mass is 9.80. The van der Waals surface area contributed by atoms with Crippen molar-refractivity contribution < 1.29 is 14.3 Å². The molecule has 0 bridgehead atoms. The number of ketones is 1. The van der Waals surface area contributed by atoms with Gasteiger partial charge in [-0.15, -0.1) is 0 Å². The van der Waals surface area contributed by atoms with Crippen LogP contribution in [-0.4, -0.2) is 15.9 Å². The van der Waals surface area contributed by atoms with Gasteiger partial charge in [0.25, 0.3) is 0 Å². The first kappa shape index (κ1) is 17.3. The second-order valence-electron chi connectivity index (χ2n) is 5.94. The number of hydrogen-bond donors (Lipinski definition) is 1. The van der Waals surface area contributed by atoms with E-state index < -0.39 is 11.9 Å². The number of carbonyl (C=O) groups is 1. The lowest BCUT2D eigenvalue weighted by Crippen LogP contribution is -2.22. The molecule has 0 radical (unpaired) electrons. The molecule has 0 saturated heterocycles. The second kappa shape index (κ2) is 7.18. The van der Waals surface area contributed by atoms with Gasteiger partial charge in [-0.25, -0.2) is 4.39 Å². The number of carbonyl (C=O) groups excluding carboxylic acids is 1. The maximum absolute atomic E-state index is 14.0. The number of fused-ring (bicyclic) bond motifs is 1. The number of Topliss-reactive ketones (excluding diaryl/α,β-unsaturated/α-hetero) is 1. The molecule has 2 aromatic rings. The number of nitrogens with zero attached hydrogens (tertiary/aromatic N) is 1. The summed E-state index contributed by atoms with van der Waals surface area (Å²) >= 11 is 11.8. The maximum Gasteiger partial charge on any atom is 0.140 e. The van der Waals surface area contributed by atoms with E-state index in [1.165, 1.54) is 12.1 Å². The van der Waals surface area contributed by atoms with Gasteiger partial charge < -0.3 is 5.11 Å². The number of pyridine rings is 1. The molecule has 0 saturated carbocycles. The molecule has 3 nitrogen and oxygen atoms in total. The fourth-order valence-electron chi connectivity index (χ4n) is 3.19. The zero-order valence-electron chi connectivity index (χ0n) is 12.8. The minimum Gasteiger partial charge on any atom is -0.387 e. The summed E-state index contributed by atoms with van der Waals surface area (Å²) in [4.78, 5) is 16.8. The summed E-state index contributed by atoms with van der Waals surface area (Å²) in [6, 6.07) is 6.25. The molecule has 1 aliphatic carbocycles. The first-order chi connectivity index (χ1) is 11.5. The van der Waals surface area contributed by atoms with Crippen molar-refractivity contribution in [2.24, 2.45) is 0 Å². The van der Waals surface area contributed by atoms with E-state index in [0.29, 0.717) is 24.1 Å². The summed E-state index contributed by atoms with van der Waals surface area (Å²) in [5, 5.41) is 10.5. The smallest absolute Gasteiger partial charge is 0.140 e. The number of aromatic nitrogens is 1. The molecule has 0 amide bonds. The van der Waals surface area contributed by atoms with Crippen molar-refractivity contribution in [1.29, 1.82) is 0 Å². The minimum atomic E-state index is -0.631. The molecule has 0 fully saturated rings. The Bertz CT molecular complexity index is 758. The highest BCUT2D eigenvalue weighted by molar-refractivity contribution is 6.35. The molecule has 0 aliphatic heterocycles. The number of halogens is 3. The Hall–Kier alpha value is -1.49. The largest absolute Gasteiger partial charge is 0.387 e. The van der Waals surface area contributed by atoms with E-state index in [0.717, 1.165) is 5.56 Å². The molecular formula is C18H16Cl2FNO2. The van der Waals surface area contributed by atoms with Crippen molar-refractivity contribution in [3.63, 3.8) is 0 Å². The van der Waals surface area contributed by atoms with Gasteiger partial charge in [-0.2, -0.15) is 0 Å². The van der Waals surface area contributed by atoms with Crippen molar-refractivity contribution in [1.82, 2.24) is 4.98 Å². The Kier molecular flexibility index (Phi) is 5.18. The predicted molar refractivity (Wildman–Crippen MR) is 90.9 cm³/mol. The summed E-state index contributed by atoms with van der Waals surface area (Å²) in [6.45, 7) is 0. The number of rotatable bonds is 4. The highest BCUT2D eigenvalue weighted by atomic mass is 35.5. The van der Waals surface area contributed by atoms with Crippen molar-refractivity contribution in [3.8, 4) is 0 Å². The predicted octanol–water partition coefficient (Wildman–Crippen LogP) is 4.64. The van der Waals surface area contributed by atoms with Crippen molar-refractivity contribution in [3.05, 3.63) is 63.1 Å².